The highest BCUT2D eigenvalue weighted by Gasteiger charge is 2.24. The Morgan fingerprint density at radius 3 is 2.48 bits per heavy atom. The molecule has 2 aromatic carbocycles. The summed E-state index contributed by atoms with van der Waals surface area (Å²) in [5, 5.41) is 2.87. The molecule has 8 heteroatoms. The number of carbonyl (C=O) groups is 1. The SMILES string of the molecule is CCn1c(CN(C)C(C)C(=O)Nc2c(C)n(C)n(-c3ccccc3)c2=O)nc2ccccc21. The van der Waals surface area contributed by atoms with Crippen LogP contribution in [0.1, 0.15) is 25.4 Å². The number of benzene rings is 2. The van der Waals surface area contributed by atoms with Crippen molar-refractivity contribution in [2.24, 2.45) is 7.05 Å². The quantitative estimate of drug-likeness (QED) is 0.473. The van der Waals surface area contributed by atoms with Crippen molar-refractivity contribution >= 4 is 22.6 Å². The van der Waals surface area contributed by atoms with Crippen LogP contribution < -0.4 is 10.9 Å². The maximum Gasteiger partial charge on any atom is 0.295 e. The molecule has 33 heavy (non-hydrogen) atoms. The molecule has 0 aliphatic heterocycles. The molecule has 1 atom stereocenters. The van der Waals surface area contributed by atoms with Crippen molar-refractivity contribution in [3.05, 3.63) is 76.5 Å². The third-order valence-electron chi connectivity index (χ3n) is 6.28. The number of hydrogen-bond acceptors (Lipinski definition) is 4. The number of carbonyl (C=O) groups excluding carboxylic acids is 1. The number of aromatic nitrogens is 4. The van der Waals surface area contributed by atoms with Gasteiger partial charge in [0.1, 0.15) is 11.5 Å². The van der Waals surface area contributed by atoms with Gasteiger partial charge >= 0.3 is 0 Å². The monoisotopic (exact) mass is 446 g/mol. The molecule has 0 radical (unpaired) electrons. The van der Waals surface area contributed by atoms with E-state index >= 15 is 0 Å². The number of hydrogen-bond donors (Lipinski definition) is 1. The fourth-order valence-electron chi connectivity index (χ4n) is 4.10. The summed E-state index contributed by atoms with van der Waals surface area (Å²) in [6.07, 6.45) is 0. The Morgan fingerprint density at radius 2 is 1.79 bits per heavy atom. The third-order valence-corrected chi connectivity index (χ3v) is 6.28. The second-order valence-electron chi connectivity index (χ2n) is 8.28. The van der Waals surface area contributed by atoms with Crippen molar-refractivity contribution in [3.63, 3.8) is 0 Å². The van der Waals surface area contributed by atoms with Gasteiger partial charge in [0.15, 0.2) is 0 Å². The Labute approximate surface area is 193 Å². The lowest BCUT2D eigenvalue weighted by atomic mass is 10.2. The van der Waals surface area contributed by atoms with E-state index in [2.05, 4.69) is 22.9 Å². The topological polar surface area (TPSA) is 77.1 Å². The standard InChI is InChI=1S/C25H30N6O2/c1-6-30-21-15-11-10-14-20(21)26-22(30)16-28(4)18(3)24(32)27-23-17(2)29(5)31(25(23)33)19-12-8-7-9-13-19/h7-15,18H,6,16H2,1-5H3,(H,27,32). The fraction of sp³-hybridized carbons (Fsp3) is 0.320. The van der Waals surface area contributed by atoms with E-state index in [1.54, 1.807) is 9.36 Å². The number of nitrogens with one attached hydrogen (secondary N) is 1. The Kier molecular flexibility index (Phi) is 6.20. The summed E-state index contributed by atoms with van der Waals surface area (Å²) in [5.41, 5.74) is 3.52. The molecule has 4 aromatic rings. The van der Waals surface area contributed by atoms with Gasteiger partial charge in [-0.05, 0) is 52.1 Å². The van der Waals surface area contributed by atoms with Gasteiger partial charge in [-0.2, -0.15) is 0 Å². The van der Waals surface area contributed by atoms with Crippen LogP contribution in [-0.2, 0) is 24.9 Å². The maximum atomic E-state index is 13.1. The van der Waals surface area contributed by atoms with Gasteiger partial charge in [0.05, 0.1) is 35.0 Å². The highest BCUT2D eigenvalue weighted by molar-refractivity contribution is 5.95. The summed E-state index contributed by atoms with van der Waals surface area (Å²) in [6.45, 7) is 7.06. The van der Waals surface area contributed by atoms with Crippen LogP contribution in [-0.4, -0.2) is 42.8 Å². The molecule has 0 fully saturated rings. The van der Waals surface area contributed by atoms with Crippen molar-refractivity contribution in [3.8, 4) is 5.69 Å². The number of likely N-dealkylation sites (N-methyl/N-ethyl adjacent to an activating group) is 1. The van der Waals surface area contributed by atoms with Crippen LogP contribution >= 0.6 is 0 Å². The van der Waals surface area contributed by atoms with Crippen LogP contribution in [0, 0.1) is 6.92 Å². The number of amides is 1. The number of imidazole rings is 1. The van der Waals surface area contributed by atoms with E-state index in [9.17, 15) is 9.59 Å². The Hall–Kier alpha value is -3.65. The molecule has 1 N–H and O–H groups in total. The zero-order chi connectivity index (χ0) is 23.7. The fourth-order valence-corrected chi connectivity index (χ4v) is 4.10. The van der Waals surface area contributed by atoms with Gasteiger partial charge in [-0.3, -0.25) is 19.2 Å². The predicted molar refractivity (Wildman–Crippen MR) is 131 cm³/mol. The van der Waals surface area contributed by atoms with Gasteiger partial charge < -0.3 is 9.88 Å². The lowest BCUT2D eigenvalue weighted by Gasteiger charge is -2.23. The molecule has 172 valence electrons. The Morgan fingerprint density at radius 1 is 1.12 bits per heavy atom. The average molecular weight is 447 g/mol. The molecule has 0 aliphatic carbocycles. The van der Waals surface area contributed by atoms with Crippen molar-refractivity contribution < 1.29 is 4.79 Å². The Balaban J connectivity index is 1.54. The summed E-state index contributed by atoms with van der Waals surface area (Å²) in [5.74, 6) is 0.672. The minimum Gasteiger partial charge on any atom is -0.327 e. The number of rotatable bonds is 7. The van der Waals surface area contributed by atoms with Crippen LogP contribution in [0.15, 0.2) is 59.4 Å². The molecule has 2 heterocycles. The first-order valence-electron chi connectivity index (χ1n) is 11.1. The molecule has 0 saturated heterocycles. The zero-order valence-electron chi connectivity index (χ0n) is 19.7. The van der Waals surface area contributed by atoms with Gasteiger partial charge in [-0.25, -0.2) is 9.67 Å². The van der Waals surface area contributed by atoms with Crippen molar-refractivity contribution in [2.45, 2.75) is 39.9 Å². The number of nitrogens with zero attached hydrogens (tertiary/aromatic N) is 5. The summed E-state index contributed by atoms with van der Waals surface area (Å²) >= 11 is 0. The molecule has 0 saturated carbocycles. The molecule has 2 aromatic heterocycles. The second-order valence-corrected chi connectivity index (χ2v) is 8.28. The van der Waals surface area contributed by atoms with Crippen molar-refractivity contribution in [2.75, 3.05) is 12.4 Å². The normalized spacial score (nSPS) is 12.4. The second kappa shape index (κ2) is 9.07. The van der Waals surface area contributed by atoms with Gasteiger partial charge in [-0.1, -0.05) is 30.3 Å². The first-order valence-corrected chi connectivity index (χ1v) is 11.1. The van der Waals surface area contributed by atoms with Crippen molar-refractivity contribution in [1.82, 2.24) is 23.8 Å². The summed E-state index contributed by atoms with van der Waals surface area (Å²) in [7, 11) is 3.70. The minimum absolute atomic E-state index is 0.234. The number of aryl methyl sites for hydroxylation is 1. The molecule has 1 amide bonds. The van der Waals surface area contributed by atoms with Crippen LogP contribution in [0.3, 0.4) is 0 Å². The highest BCUT2D eigenvalue weighted by Crippen LogP contribution is 2.18. The number of fused-ring (bicyclic) bond motifs is 1. The first-order chi connectivity index (χ1) is 15.8. The van der Waals surface area contributed by atoms with E-state index in [0.29, 0.717) is 17.9 Å². The molecule has 4 rings (SSSR count). The zero-order valence-corrected chi connectivity index (χ0v) is 19.7. The Bertz CT molecular complexity index is 1350. The van der Waals surface area contributed by atoms with Crippen LogP contribution in [0.25, 0.3) is 16.7 Å². The van der Waals surface area contributed by atoms with E-state index in [1.165, 1.54) is 0 Å². The van der Waals surface area contributed by atoms with E-state index < -0.39 is 6.04 Å². The average Bonchev–Trinajstić information content (AvgIpc) is 3.28. The van der Waals surface area contributed by atoms with E-state index in [0.717, 1.165) is 29.1 Å². The number of para-hydroxylation sites is 3. The van der Waals surface area contributed by atoms with Crippen LogP contribution in [0.2, 0.25) is 0 Å². The number of anilines is 1. The van der Waals surface area contributed by atoms with E-state index in [1.807, 2.05) is 81.4 Å². The predicted octanol–water partition coefficient (Wildman–Crippen LogP) is 3.31. The largest absolute Gasteiger partial charge is 0.327 e. The van der Waals surface area contributed by atoms with E-state index in [4.69, 9.17) is 4.98 Å². The maximum absolute atomic E-state index is 13.1. The highest BCUT2D eigenvalue weighted by atomic mass is 16.2. The summed E-state index contributed by atoms with van der Waals surface area (Å²) in [4.78, 5) is 32.9. The van der Waals surface area contributed by atoms with E-state index in [-0.39, 0.29) is 11.5 Å². The molecular formula is C25H30N6O2. The van der Waals surface area contributed by atoms with Gasteiger partial charge in [0, 0.05) is 13.6 Å². The van der Waals surface area contributed by atoms with Gasteiger partial charge in [-0.15, -0.1) is 0 Å². The summed E-state index contributed by atoms with van der Waals surface area (Å²) in [6, 6.07) is 17.0. The smallest absolute Gasteiger partial charge is 0.295 e. The van der Waals surface area contributed by atoms with Crippen LogP contribution in [0.5, 0.6) is 0 Å². The molecule has 0 spiro atoms. The minimum atomic E-state index is -0.459. The molecule has 0 bridgehead atoms. The van der Waals surface area contributed by atoms with Crippen LogP contribution in [0.4, 0.5) is 5.69 Å². The summed E-state index contributed by atoms with van der Waals surface area (Å²) < 4.78 is 5.48. The lowest BCUT2D eigenvalue weighted by Crippen LogP contribution is -2.40. The molecule has 1 unspecified atom stereocenters. The third kappa shape index (κ3) is 4.09. The van der Waals surface area contributed by atoms with Crippen molar-refractivity contribution in [1.29, 1.82) is 0 Å². The molecule has 0 aliphatic rings. The molecule has 8 nitrogen and oxygen atoms in total. The first kappa shape index (κ1) is 22.5. The molecular weight excluding hydrogens is 416 g/mol. The lowest BCUT2D eigenvalue weighted by molar-refractivity contribution is -0.120. The van der Waals surface area contributed by atoms with Gasteiger partial charge in [0.25, 0.3) is 5.56 Å². The van der Waals surface area contributed by atoms with Gasteiger partial charge in [0.2, 0.25) is 5.91 Å².